The second kappa shape index (κ2) is 7.41. The van der Waals surface area contributed by atoms with Gasteiger partial charge in [-0.1, -0.05) is 23.7 Å². The Hall–Kier alpha value is -0.610. The summed E-state index contributed by atoms with van der Waals surface area (Å²) in [5, 5.41) is 13.9. The van der Waals surface area contributed by atoms with E-state index >= 15 is 0 Å². The number of aliphatic hydroxyl groups excluding tert-OH is 1. The van der Waals surface area contributed by atoms with Crippen LogP contribution in [0.1, 0.15) is 38.3 Å². The molecule has 2 rings (SSSR count). The molecule has 0 aromatic heterocycles. The first kappa shape index (κ1) is 15.8. The van der Waals surface area contributed by atoms with Gasteiger partial charge < -0.3 is 15.3 Å². The number of nitrogens with one attached hydrogen (secondary N) is 1. The van der Waals surface area contributed by atoms with Gasteiger partial charge in [-0.05, 0) is 57.5 Å². The van der Waals surface area contributed by atoms with E-state index in [1.165, 1.54) is 0 Å². The van der Waals surface area contributed by atoms with Crippen molar-refractivity contribution < 1.29 is 5.11 Å². The van der Waals surface area contributed by atoms with Crippen molar-refractivity contribution in [1.82, 2.24) is 10.2 Å². The first-order valence-electron chi connectivity index (χ1n) is 7.46. The molecular formula is C16H25ClN2O. The molecule has 112 valence electrons. The Labute approximate surface area is 126 Å². The second-order valence-corrected chi connectivity index (χ2v) is 6.29. The van der Waals surface area contributed by atoms with E-state index < -0.39 is 0 Å². The van der Waals surface area contributed by atoms with E-state index in [0.29, 0.717) is 12.1 Å². The number of hydrogen-bond acceptors (Lipinski definition) is 3. The molecule has 4 heteroatoms. The fourth-order valence-electron chi connectivity index (χ4n) is 2.82. The topological polar surface area (TPSA) is 35.5 Å². The molecule has 0 spiro atoms. The van der Waals surface area contributed by atoms with Crippen molar-refractivity contribution in [3.8, 4) is 0 Å². The number of nitrogens with zero attached hydrogens (tertiary/aromatic N) is 1. The van der Waals surface area contributed by atoms with E-state index in [1.807, 2.05) is 24.3 Å². The van der Waals surface area contributed by atoms with Gasteiger partial charge in [-0.3, -0.25) is 0 Å². The maximum absolute atomic E-state index is 9.61. The van der Waals surface area contributed by atoms with Crippen LogP contribution in [0.25, 0.3) is 0 Å². The first-order chi connectivity index (χ1) is 9.60. The first-order valence-corrected chi connectivity index (χ1v) is 7.84. The fourth-order valence-corrected chi connectivity index (χ4v) is 2.94. The van der Waals surface area contributed by atoms with Crippen LogP contribution >= 0.6 is 11.6 Å². The zero-order valence-electron chi connectivity index (χ0n) is 12.3. The monoisotopic (exact) mass is 296 g/mol. The summed E-state index contributed by atoms with van der Waals surface area (Å²) in [4.78, 5) is 2.51. The Kier molecular flexibility index (Phi) is 5.85. The number of likely N-dealkylation sites (tertiary alicyclic amines) is 1. The summed E-state index contributed by atoms with van der Waals surface area (Å²) < 4.78 is 0. The van der Waals surface area contributed by atoms with E-state index in [-0.39, 0.29) is 12.6 Å². The fraction of sp³-hybridized carbons (Fsp3) is 0.625. The van der Waals surface area contributed by atoms with E-state index in [0.717, 1.165) is 36.5 Å². The number of piperidine rings is 1. The molecular weight excluding hydrogens is 272 g/mol. The quantitative estimate of drug-likeness (QED) is 0.877. The van der Waals surface area contributed by atoms with Gasteiger partial charge in [0.05, 0.1) is 12.6 Å². The maximum atomic E-state index is 9.61. The molecule has 1 aliphatic heterocycles. The maximum Gasteiger partial charge on any atom is 0.0626 e. The normalized spacial score (nSPS) is 19.4. The lowest BCUT2D eigenvalue weighted by molar-refractivity contribution is 0.146. The average molecular weight is 297 g/mol. The third-order valence-corrected chi connectivity index (χ3v) is 4.40. The SMILES string of the molecule is CC(C)N1CCC(NC(CO)c2ccc(Cl)cc2)CC1. The lowest BCUT2D eigenvalue weighted by Gasteiger charge is -2.36. The van der Waals surface area contributed by atoms with E-state index in [9.17, 15) is 5.11 Å². The Morgan fingerprint density at radius 2 is 1.85 bits per heavy atom. The van der Waals surface area contributed by atoms with Crippen molar-refractivity contribution >= 4 is 11.6 Å². The molecule has 0 bridgehead atoms. The van der Waals surface area contributed by atoms with Crippen molar-refractivity contribution in [2.75, 3.05) is 19.7 Å². The van der Waals surface area contributed by atoms with Crippen molar-refractivity contribution in [2.45, 2.75) is 44.8 Å². The Morgan fingerprint density at radius 3 is 2.35 bits per heavy atom. The minimum absolute atomic E-state index is 0.00265. The molecule has 3 nitrogen and oxygen atoms in total. The third kappa shape index (κ3) is 4.19. The van der Waals surface area contributed by atoms with Crippen molar-refractivity contribution in [3.05, 3.63) is 34.9 Å². The van der Waals surface area contributed by atoms with Crippen molar-refractivity contribution in [3.63, 3.8) is 0 Å². The van der Waals surface area contributed by atoms with Crippen LogP contribution in [0.2, 0.25) is 5.02 Å². The highest BCUT2D eigenvalue weighted by atomic mass is 35.5. The average Bonchev–Trinajstić information content (AvgIpc) is 2.46. The van der Waals surface area contributed by atoms with E-state index in [2.05, 4.69) is 24.1 Å². The highest BCUT2D eigenvalue weighted by molar-refractivity contribution is 6.30. The number of benzene rings is 1. The van der Waals surface area contributed by atoms with Gasteiger partial charge in [-0.25, -0.2) is 0 Å². The number of aliphatic hydroxyl groups is 1. The molecule has 0 aliphatic carbocycles. The minimum Gasteiger partial charge on any atom is -0.394 e. The predicted octanol–water partition coefficient (Wildman–Crippen LogP) is 2.84. The molecule has 1 saturated heterocycles. The lowest BCUT2D eigenvalue weighted by atomic mass is 10.0. The van der Waals surface area contributed by atoms with Gasteiger partial charge in [-0.15, -0.1) is 0 Å². The van der Waals surface area contributed by atoms with Gasteiger partial charge in [0.2, 0.25) is 0 Å². The van der Waals surface area contributed by atoms with Gasteiger partial charge in [0.1, 0.15) is 0 Å². The summed E-state index contributed by atoms with van der Waals surface area (Å²) in [6, 6.07) is 8.84. The summed E-state index contributed by atoms with van der Waals surface area (Å²) in [5.74, 6) is 0. The van der Waals surface area contributed by atoms with Gasteiger partial charge in [0, 0.05) is 17.1 Å². The van der Waals surface area contributed by atoms with Gasteiger partial charge in [0.15, 0.2) is 0 Å². The lowest BCUT2D eigenvalue weighted by Crippen LogP contribution is -2.46. The van der Waals surface area contributed by atoms with Crippen molar-refractivity contribution in [2.24, 2.45) is 0 Å². The Balaban J connectivity index is 1.89. The molecule has 1 aromatic carbocycles. The number of halogens is 1. The predicted molar refractivity (Wildman–Crippen MR) is 84.1 cm³/mol. The molecule has 0 saturated carbocycles. The van der Waals surface area contributed by atoms with Crippen LogP contribution in [0.3, 0.4) is 0 Å². The third-order valence-electron chi connectivity index (χ3n) is 4.15. The molecule has 20 heavy (non-hydrogen) atoms. The van der Waals surface area contributed by atoms with Crippen LogP contribution in [-0.2, 0) is 0 Å². The molecule has 0 amide bonds. The summed E-state index contributed by atoms with van der Waals surface area (Å²) >= 11 is 5.91. The zero-order chi connectivity index (χ0) is 14.5. The number of rotatable bonds is 5. The largest absolute Gasteiger partial charge is 0.394 e. The molecule has 1 aliphatic rings. The standard InChI is InChI=1S/C16H25ClN2O/c1-12(2)19-9-7-15(8-10-19)18-16(11-20)13-3-5-14(17)6-4-13/h3-6,12,15-16,18,20H,7-11H2,1-2H3. The van der Waals surface area contributed by atoms with Gasteiger partial charge in [0.25, 0.3) is 0 Å². The summed E-state index contributed by atoms with van der Waals surface area (Å²) in [7, 11) is 0. The minimum atomic E-state index is 0.00265. The van der Waals surface area contributed by atoms with Gasteiger partial charge in [-0.2, -0.15) is 0 Å². The van der Waals surface area contributed by atoms with Gasteiger partial charge >= 0.3 is 0 Å². The highest BCUT2D eigenvalue weighted by Gasteiger charge is 2.23. The molecule has 1 atom stereocenters. The molecule has 1 fully saturated rings. The molecule has 1 unspecified atom stereocenters. The van der Waals surface area contributed by atoms with E-state index in [4.69, 9.17) is 11.6 Å². The molecule has 1 heterocycles. The van der Waals surface area contributed by atoms with Crippen LogP contribution in [0.15, 0.2) is 24.3 Å². The zero-order valence-corrected chi connectivity index (χ0v) is 13.1. The van der Waals surface area contributed by atoms with Crippen LogP contribution in [0.4, 0.5) is 0 Å². The summed E-state index contributed by atoms with van der Waals surface area (Å²) in [5.41, 5.74) is 1.10. The molecule has 2 N–H and O–H groups in total. The van der Waals surface area contributed by atoms with Crippen LogP contribution in [0.5, 0.6) is 0 Å². The Morgan fingerprint density at radius 1 is 1.25 bits per heavy atom. The van der Waals surface area contributed by atoms with Crippen LogP contribution in [-0.4, -0.2) is 41.8 Å². The smallest absolute Gasteiger partial charge is 0.0626 e. The summed E-state index contributed by atoms with van der Waals surface area (Å²) in [6.07, 6.45) is 2.28. The number of hydrogen-bond donors (Lipinski definition) is 2. The molecule has 1 aromatic rings. The Bertz CT molecular complexity index is 399. The molecule has 0 radical (unpaired) electrons. The summed E-state index contributed by atoms with van der Waals surface area (Å²) in [6.45, 7) is 6.88. The van der Waals surface area contributed by atoms with E-state index in [1.54, 1.807) is 0 Å². The van der Waals surface area contributed by atoms with Crippen molar-refractivity contribution in [1.29, 1.82) is 0 Å². The highest BCUT2D eigenvalue weighted by Crippen LogP contribution is 2.20. The second-order valence-electron chi connectivity index (χ2n) is 5.86. The van der Waals surface area contributed by atoms with Crippen LogP contribution in [0, 0.1) is 0 Å². The van der Waals surface area contributed by atoms with Crippen LogP contribution < -0.4 is 5.32 Å².